The number of hydrogen-bond acceptors (Lipinski definition) is 5. The third-order valence-corrected chi connectivity index (χ3v) is 1.97. The molecule has 0 unspecified atom stereocenters. The summed E-state index contributed by atoms with van der Waals surface area (Å²) in [5, 5.41) is 7.37. The van der Waals surface area contributed by atoms with Gasteiger partial charge in [-0.25, -0.2) is 4.63 Å². The van der Waals surface area contributed by atoms with Crippen LogP contribution in [0.3, 0.4) is 0 Å². The third-order valence-electron chi connectivity index (χ3n) is 1.97. The normalized spacial score (nSPS) is 10.5. The number of carbonyl (C=O) groups excluding carboxylic acids is 1. The number of hydrogen-bond donors (Lipinski definition) is 0. The molecule has 15 heavy (non-hydrogen) atoms. The summed E-state index contributed by atoms with van der Waals surface area (Å²) < 4.78 is 9.40. The smallest absolute Gasteiger partial charge is 0.310 e. The second-order valence-corrected chi connectivity index (χ2v) is 3.07. The highest BCUT2D eigenvalue weighted by Crippen LogP contribution is 2.12. The first kappa shape index (κ1) is 9.64. The summed E-state index contributed by atoms with van der Waals surface area (Å²) in [5.74, 6) is -0.242. The molecule has 78 valence electrons. The molecule has 0 saturated carbocycles. The van der Waals surface area contributed by atoms with Crippen molar-refractivity contribution in [1.82, 2.24) is 10.3 Å². The molecule has 2 rings (SSSR count). The third kappa shape index (κ3) is 2.12. The summed E-state index contributed by atoms with van der Waals surface area (Å²) in [6, 6.07) is 5.34. The number of ether oxygens (including phenoxy) is 1. The molecule has 0 saturated heterocycles. The highest BCUT2D eigenvalue weighted by molar-refractivity contribution is 5.77. The molecule has 0 radical (unpaired) electrons. The molecule has 1 aromatic heterocycles. The maximum absolute atomic E-state index is 11.2. The van der Waals surface area contributed by atoms with Gasteiger partial charge in [-0.15, -0.1) is 0 Å². The Morgan fingerprint density at radius 2 is 2.20 bits per heavy atom. The van der Waals surface area contributed by atoms with Gasteiger partial charge in [-0.1, -0.05) is 6.07 Å². The molecule has 0 amide bonds. The first-order valence-corrected chi connectivity index (χ1v) is 4.66. The Balaban J connectivity index is 2.17. The van der Waals surface area contributed by atoms with Gasteiger partial charge in [-0.2, -0.15) is 0 Å². The van der Waals surface area contributed by atoms with Crippen molar-refractivity contribution in [2.75, 3.05) is 6.61 Å². The van der Waals surface area contributed by atoms with Crippen LogP contribution in [0.1, 0.15) is 12.5 Å². The van der Waals surface area contributed by atoms with E-state index in [0.717, 1.165) is 5.56 Å². The van der Waals surface area contributed by atoms with Crippen LogP contribution in [-0.2, 0) is 16.0 Å². The molecule has 0 aliphatic rings. The Morgan fingerprint density at radius 1 is 1.40 bits per heavy atom. The van der Waals surface area contributed by atoms with Gasteiger partial charge in [-0.05, 0) is 34.9 Å². The number of aromatic nitrogens is 2. The first-order valence-electron chi connectivity index (χ1n) is 4.66. The fraction of sp³-hybridized carbons (Fsp3) is 0.300. The van der Waals surface area contributed by atoms with Gasteiger partial charge in [0.1, 0.15) is 11.0 Å². The zero-order valence-electron chi connectivity index (χ0n) is 8.27. The molecule has 0 N–H and O–H groups in total. The van der Waals surface area contributed by atoms with Crippen LogP contribution in [0.2, 0.25) is 0 Å². The van der Waals surface area contributed by atoms with Gasteiger partial charge in [-0.3, -0.25) is 4.79 Å². The van der Waals surface area contributed by atoms with E-state index in [2.05, 4.69) is 14.9 Å². The van der Waals surface area contributed by atoms with E-state index in [9.17, 15) is 4.79 Å². The van der Waals surface area contributed by atoms with E-state index in [-0.39, 0.29) is 12.4 Å². The van der Waals surface area contributed by atoms with Crippen LogP contribution in [0.4, 0.5) is 0 Å². The number of rotatable bonds is 3. The maximum atomic E-state index is 11.2. The van der Waals surface area contributed by atoms with E-state index in [1.807, 2.05) is 6.07 Å². The van der Waals surface area contributed by atoms with Crippen molar-refractivity contribution in [2.45, 2.75) is 13.3 Å². The molecule has 0 atom stereocenters. The fourth-order valence-electron chi connectivity index (χ4n) is 1.32. The van der Waals surface area contributed by atoms with Crippen LogP contribution in [0, 0.1) is 0 Å². The standard InChI is InChI=1S/C10H10N2O3/c1-2-14-10(13)6-7-3-4-8-9(5-7)12-15-11-8/h3-5H,2,6H2,1H3. The molecule has 0 aliphatic heterocycles. The lowest BCUT2D eigenvalue weighted by Crippen LogP contribution is -2.07. The Morgan fingerprint density at radius 3 is 3.00 bits per heavy atom. The SMILES string of the molecule is CCOC(=O)Cc1ccc2nonc2c1. The Hall–Kier alpha value is -1.91. The summed E-state index contributed by atoms with van der Waals surface area (Å²) >= 11 is 0. The van der Waals surface area contributed by atoms with Gasteiger partial charge in [0.15, 0.2) is 0 Å². The minimum atomic E-state index is -0.242. The number of benzene rings is 1. The topological polar surface area (TPSA) is 65.2 Å². The lowest BCUT2D eigenvalue weighted by Gasteiger charge is -2.00. The van der Waals surface area contributed by atoms with Gasteiger partial charge in [0.25, 0.3) is 0 Å². The largest absolute Gasteiger partial charge is 0.466 e. The fourth-order valence-corrected chi connectivity index (χ4v) is 1.32. The first-order chi connectivity index (χ1) is 7.29. The Labute approximate surface area is 86.0 Å². The second-order valence-electron chi connectivity index (χ2n) is 3.07. The average molecular weight is 206 g/mol. The summed E-state index contributed by atoms with van der Waals surface area (Å²) in [6.45, 7) is 2.18. The highest BCUT2D eigenvalue weighted by Gasteiger charge is 2.06. The summed E-state index contributed by atoms with van der Waals surface area (Å²) in [5.41, 5.74) is 2.18. The number of esters is 1. The molecule has 0 spiro atoms. The second kappa shape index (κ2) is 4.08. The number of fused-ring (bicyclic) bond motifs is 1. The molecule has 5 nitrogen and oxygen atoms in total. The minimum Gasteiger partial charge on any atom is -0.466 e. The molecule has 1 heterocycles. The van der Waals surface area contributed by atoms with Crippen molar-refractivity contribution in [2.24, 2.45) is 0 Å². The molecule has 2 aromatic rings. The van der Waals surface area contributed by atoms with Crippen LogP contribution in [0.25, 0.3) is 11.0 Å². The zero-order valence-corrected chi connectivity index (χ0v) is 8.27. The highest BCUT2D eigenvalue weighted by atomic mass is 16.6. The molecular formula is C10H10N2O3. The van der Waals surface area contributed by atoms with Gasteiger partial charge in [0.2, 0.25) is 0 Å². The zero-order chi connectivity index (χ0) is 10.7. The predicted molar refractivity (Wildman–Crippen MR) is 52.1 cm³/mol. The van der Waals surface area contributed by atoms with Crippen molar-refractivity contribution >= 4 is 17.0 Å². The van der Waals surface area contributed by atoms with Crippen molar-refractivity contribution in [1.29, 1.82) is 0 Å². The molecule has 1 aromatic carbocycles. The monoisotopic (exact) mass is 206 g/mol. The van der Waals surface area contributed by atoms with Crippen molar-refractivity contribution < 1.29 is 14.2 Å². The van der Waals surface area contributed by atoms with Gasteiger partial charge >= 0.3 is 5.97 Å². The van der Waals surface area contributed by atoms with Crippen LogP contribution in [0.15, 0.2) is 22.8 Å². The van der Waals surface area contributed by atoms with E-state index < -0.39 is 0 Å². The van der Waals surface area contributed by atoms with Gasteiger partial charge in [0.05, 0.1) is 13.0 Å². The van der Waals surface area contributed by atoms with E-state index in [1.165, 1.54) is 0 Å². The van der Waals surface area contributed by atoms with Crippen LogP contribution < -0.4 is 0 Å². The van der Waals surface area contributed by atoms with Crippen LogP contribution in [-0.4, -0.2) is 22.9 Å². The van der Waals surface area contributed by atoms with E-state index in [4.69, 9.17) is 4.74 Å². The molecular weight excluding hydrogens is 196 g/mol. The summed E-state index contributed by atoms with van der Waals surface area (Å²) in [7, 11) is 0. The van der Waals surface area contributed by atoms with Gasteiger partial charge in [0, 0.05) is 0 Å². The number of carbonyl (C=O) groups is 1. The quantitative estimate of drug-likeness (QED) is 0.709. The van der Waals surface area contributed by atoms with Crippen molar-refractivity contribution in [3.8, 4) is 0 Å². The Bertz CT molecular complexity index is 478. The van der Waals surface area contributed by atoms with Crippen LogP contribution in [0.5, 0.6) is 0 Å². The summed E-state index contributed by atoms with van der Waals surface area (Å²) in [6.07, 6.45) is 0.247. The average Bonchev–Trinajstić information content (AvgIpc) is 2.65. The van der Waals surface area contributed by atoms with Crippen molar-refractivity contribution in [3.63, 3.8) is 0 Å². The van der Waals surface area contributed by atoms with E-state index in [0.29, 0.717) is 17.6 Å². The lowest BCUT2D eigenvalue weighted by atomic mass is 10.1. The van der Waals surface area contributed by atoms with Gasteiger partial charge < -0.3 is 4.74 Å². The summed E-state index contributed by atoms with van der Waals surface area (Å²) in [4.78, 5) is 11.2. The van der Waals surface area contributed by atoms with E-state index in [1.54, 1.807) is 19.1 Å². The molecule has 0 bridgehead atoms. The molecule has 0 fully saturated rings. The van der Waals surface area contributed by atoms with E-state index >= 15 is 0 Å². The molecule has 5 heteroatoms. The molecule has 0 aliphatic carbocycles. The maximum Gasteiger partial charge on any atom is 0.310 e. The van der Waals surface area contributed by atoms with Crippen LogP contribution >= 0.6 is 0 Å². The number of nitrogens with zero attached hydrogens (tertiary/aromatic N) is 2. The lowest BCUT2D eigenvalue weighted by molar-refractivity contribution is -0.142. The van der Waals surface area contributed by atoms with Crippen molar-refractivity contribution in [3.05, 3.63) is 23.8 Å². The minimum absolute atomic E-state index is 0.242. The Kier molecular flexibility index (Phi) is 2.62. The predicted octanol–water partition coefficient (Wildman–Crippen LogP) is 1.33.